The van der Waals surface area contributed by atoms with Crippen LogP contribution in [0.5, 0.6) is 5.75 Å². The molecule has 1 aromatic carbocycles. The summed E-state index contributed by atoms with van der Waals surface area (Å²) in [7, 11) is 0. The van der Waals surface area contributed by atoms with Crippen LogP contribution in [-0.4, -0.2) is 12.0 Å². The second-order valence-electron chi connectivity index (χ2n) is 5.09. The molecule has 0 spiro atoms. The van der Waals surface area contributed by atoms with Crippen LogP contribution in [0.15, 0.2) is 12.1 Å². The van der Waals surface area contributed by atoms with Gasteiger partial charge in [0.05, 0.1) is 6.10 Å². The summed E-state index contributed by atoms with van der Waals surface area (Å²) < 4.78 is 19.3. The Bertz CT molecular complexity index is 467. The molecule has 0 bridgehead atoms. The molecule has 1 fully saturated rings. The second kappa shape index (κ2) is 4.96. The highest BCUT2D eigenvalue weighted by Crippen LogP contribution is 2.37. The molecular formula is C14H18FNO2. The number of carbonyl (C=O) groups is 1. The number of ether oxygens (including phenoxy) is 1. The summed E-state index contributed by atoms with van der Waals surface area (Å²) in [5.41, 5.74) is 6.00. The molecule has 0 aromatic heterocycles. The van der Waals surface area contributed by atoms with E-state index in [1.807, 2.05) is 13.8 Å². The predicted octanol–water partition coefficient (Wildman–Crippen LogP) is 2.66. The number of rotatable bonds is 5. The van der Waals surface area contributed by atoms with Gasteiger partial charge in [0.15, 0.2) is 0 Å². The first kappa shape index (κ1) is 12.9. The molecule has 1 saturated carbocycles. The highest BCUT2D eigenvalue weighted by molar-refractivity contribution is 5.96. The zero-order valence-electron chi connectivity index (χ0n) is 10.7. The number of primary amides is 1. The van der Waals surface area contributed by atoms with Gasteiger partial charge in [0.25, 0.3) is 5.91 Å². The molecule has 1 aliphatic carbocycles. The van der Waals surface area contributed by atoms with Crippen molar-refractivity contribution < 1.29 is 13.9 Å². The fraction of sp³-hybridized carbons (Fsp3) is 0.500. The van der Waals surface area contributed by atoms with Gasteiger partial charge >= 0.3 is 0 Å². The number of nitrogens with two attached hydrogens (primary N) is 1. The van der Waals surface area contributed by atoms with Gasteiger partial charge in [0.1, 0.15) is 17.1 Å². The molecule has 0 atom stereocenters. The lowest BCUT2D eigenvalue weighted by molar-refractivity contribution is 0.0990. The average molecular weight is 251 g/mol. The fourth-order valence-electron chi connectivity index (χ4n) is 2.00. The van der Waals surface area contributed by atoms with Crippen molar-refractivity contribution in [1.29, 1.82) is 0 Å². The van der Waals surface area contributed by atoms with Crippen LogP contribution in [0.2, 0.25) is 0 Å². The highest BCUT2D eigenvalue weighted by Gasteiger charge is 2.26. The number of benzene rings is 1. The molecule has 0 heterocycles. The maximum Gasteiger partial charge on any atom is 0.255 e. The predicted molar refractivity (Wildman–Crippen MR) is 67.1 cm³/mol. The van der Waals surface area contributed by atoms with E-state index in [1.54, 1.807) is 6.07 Å². The van der Waals surface area contributed by atoms with Crippen molar-refractivity contribution >= 4 is 5.91 Å². The summed E-state index contributed by atoms with van der Waals surface area (Å²) in [5, 5.41) is 0. The van der Waals surface area contributed by atoms with Gasteiger partial charge in [-0.1, -0.05) is 6.07 Å². The van der Waals surface area contributed by atoms with E-state index in [0.29, 0.717) is 11.7 Å². The Kier molecular flexibility index (Phi) is 3.55. The maximum atomic E-state index is 13.7. The Labute approximate surface area is 106 Å². The van der Waals surface area contributed by atoms with Crippen LogP contribution in [-0.2, 0) is 6.42 Å². The smallest absolute Gasteiger partial charge is 0.255 e. The molecule has 1 aromatic rings. The summed E-state index contributed by atoms with van der Waals surface area (Å²) in [4.78, 5) is 11.4. The Hall–Kier alpha value is -1.58. The van der Waals surface area contributed by atoms with Crippen LogP contribution < -0.4 is 10.5 Å². The van der Waals surface area contributed by atoms with E-state index in [1.165, 1.54) is 18.9 Å². The van der Waals surface area contributed by atoms with Gasteiger partial charge in [-0.15, -0.1) is 0 Å². The van der Waals surface area contributed by atoms with E-state index >= 15 is 0 Å². The van der Waals surface area contributed by atoms with Crippen molar-refractivity contribution in [1.82, 2.24) is 0 Å². The first-order valence-corrected chi connectivity index (χ1v) is 6.27. The van der Waals surface area contributed by atoms with Crippen LogP contribution in [0.4, 0.5) is 4.39 Å². The van der Waals surface area contributed by atoms with Gasteiger partial charge in [-0.05, 0) is 50.7 Å². The lowest BCUT2D eigenvalue weighted by Crippen LogP contribution is -2.19. The number of halogens is 1. The van der Waals surface area contributed by atoms with E-state index in [-0.39, 0.29) is 11.7 Å². The Balaban J connectivity index is 2.43. The van der Waals surface area contributed by atoms with Crippen molar-refractivity contribution in [3.05, 3.63) is 29.1 Å². The Morgan fingerprint density at radius 3 is 2.67 bits per heavy atom. The van der Waals surface area contributed by atoms with Crippen molar-refractivity contribution in [2.24, 2.45) is 11.7 Å². The molecule has 4 heteroatoms. The third-order valence-corrected chi connectivity index (χ3v) is 2.99. The van der Waals surface area contributed by atoms with Crippen LogP contribution >= 0.6 is 0 Å². The summed E-state index contributed by atoms with van der Waals surface area (Å²) in [6.45, 7) is 3.69. The summed E-state index contributed by atoms with van der Waals surface area (Å²) >= 11 is 0. The number of amides is 1. The first-order chi connectivity index (χ1) is 8.49. The molecule has 1 amide bonds. The molecular weight excluding hydrogens is 233 g/mol. The summed E-state index contributed by atoms with van der Waals surface area (Å²) in [5.74, 6) is -0.436. The minimum absolute atomic E-state index is 0.122. The zero-order chi connectivity index (χ0) is 13.3. The molecule has 0 saturated heterocycles. The highest BCUT2D eigenvalue weighted by atomic mass is 19.1. The Morgan fingerprint density at radius 2 is 2.17 bits per heavy atom. The largest absolute Gasteiger partial charge is 0.490 e. The lowest BCUT2D eigenvalue weighted by atomic mass is 10.0. The number of hydrogen-bond acceptors (Lipinski definition) is 2. The minimum atomic E-state index is -0.777. The Morgan fingerprint density at radius 1 is 1.50 bits per heavy atom. The van der Waals surface area contributed by atoms with Crippen molar-refractivity contribution in [2.45, 2.75) is 39.2 Å². The molecule has 0 radical (unpaired) electrons. The van der Waals surface area contributed by atoms with Gasteiger partial charge in [-0.3, -0.25) is 4.79 Å². The SMILES string of the molecule is CC(C)Oc1c(CC2CC2)ccc(F)c1C(N)=O. The molecule has 3 nitrogen and oxygen atoms in total. The topological polar surface area (TPSA) is 52.3 Å². The second-order valence-corrected chi connectivity index (χ2v) is 5.09. The van der Waals surface area contributed by atoms with Crippen LogP contribution in [0.25, 0.3) is 0 Å². The summed E-state index contributed by atoms with van der Waals surface area (Å²) in [6.07, 6.45) is 3.07. The molecule has 18 heavy (non-hydrogen) atoms. The van der Waals surface area contributed by atoms with Crippen molar-refractivity contribution in [2.75, 3.05) is 0 Å². The van der Waals surface area contributed by atoms with Gasteiger partial charge in [-0.25, -0.2) is 4.39 Å². The minimum Gasteiger partial charge on any atom is -0.490 e. The third kappa shape index (κ3) is 2.81. The first-order valence-electron chi connectivity index (χ1n) is 6.27. The number of hydrogen-bond donors (Lipinski definition) is 1. The summed E-state index contributed by atoms with van der Waals surface area (Å²) in [6, 6.07) is 2.99. The van der Waals surface area contributed by atoms with E-state index in [2.05, 4.69) is 0 Å². The quantitative estimate of drug-likeness (QED) is 0.874. The molecule has 2 rings (SSSR count). The lowest BCUT2D eigenvalue weighted by Gasteiger charge is -2.17. The molecule has 2 N–H and O–H groups in total. The fourth-order valence-corrected chi connectivity index (χ4v) is 2.00. The van der Waals surface area contributed by atoms with Gasteiger partial charge in [0, 0.05) is 0 Å². The third-order valence-electron chi connectivity index (χ3n) is 2.99. The molecule has 0 aliphatic heterocycles. The van der Waals surface area contributed by atoms with Crippen LogP contribution in [0.1, 0.15) is 42.6 Å². The molecule has 1 aliphatic rings. The van der Waals surface area contributed by atoms with E-state index in [4.69, 9.17) is 10.5 Å². The molecule has 0 unspecified atom stereocenters. The van der Waals surface area contributed by atoms with Gasteiger partial charge < -0.3 is 10.5 Å². The zero-order valence-corrected chi connectivity index (χ0v) is 10.7. The van der Waals surface area contributed by atoms with Crippen LogP contribution in [0.3, 0.4) is 0 Å². The monoisotopic (exact) mass is 251 g/mol. The maximum absolute atomic E-state index is 13.7. The van der Waals surface area contributed by atoms with Crippen molar-refractivity contribution in [3.8, 4) is 5.75 Å². The normalized spacial score (nSPS) is 14.9. The van der Waals surface area contributed by atoms with Gasteiger partial charge in [-0.2, -0.15) is 0 Å². The van der Waals surface area contributed by atoms with E-state index in [9.17, 15) is 9.18 Å². The van der Waals surface area contributed by atoms with Gasteiger partial charge in [0.2, 0.25) is 0 Å². The van der Waals surface area contributed by atoms with Crippen molar-refractivity contribution in [3.63, 3.8) is 0 Å². The van der Waals surface area contributed by atoms with E-state index in [0.717, 1.165) is 12.0 Å². The average Bonchev–Trinajstić information content (AvgIpc) is 3.04. The molecule has 98 valence electrons. The standard InChI is InChI=1S/C14H18FNO2/c1-8(2)18-13-10(7-9-3-4-9)5-6-11(15)12(13)14(16)17/h5-6,8-9H,3-4,7H2,1-2H3,(H2,16,17). The van der Waals surface area contributed by atoms with Crippen LogP contribution in [0, 0.1) is 11.7 Å². The van der Waals surface area contributed by atoms with E-state index < -0.39 is 11.7 Å². The number of carbonyl (C=O) groups excluding carboxylic acids is 1.